The molecule has 8 heteroatoms. The van der Waals surface area contributed by atoms with Crippen molar-refractivity contribution >= 4 is 21.8 Å². The molecule has 166 valence electrons. The minimum absolute atomic E-state index is 0.106. The maximum Gasteiger partial charge on any atom is 0.338 e. The highest BCUT2D eigenvalue weighted by molar-refractivity contribution is 7.89. The molecule has 31 heavy (non-hydrogen) atoms. The SMILES string of the molecule is COc1ccc(C(C)=O)cc1COC(=O)c1ccc(C)c(S(=O)(=O)N2CCCCC2)c1. The first-order chi connectivity index (χ1) is 14.7. The number of ether oxygens (including phenoxy) is 2. The molecule has 0 saturated carbocycles. The molecular formula is C23H27NO6S. The van der Waals surface area contributed by atoms with Crippen molar-refractivity contribution in [3.8, 4) is 5.75 Å². The van der Waals surface area contributed by atoms with Gasteiger partial charge in [0.2, 0.25) is 10.0 Å². The van der Waals surface area contributed by atoms with Gasteiger partial charge in [-0.1, -0.05) is 12.5 Å². The van der Waals surface area contributed by atoms with Gasteiger partial charge in [0, 0.05) is 24.2 Å². The molecular weight excluding hydrogens is 418 g/mol. The van der Waals surface area contributed by atoms with Gasteiger partial charge in [-0.15, -0.1) is 0 Å². The van der Waals surface area contributed by atoms with Crippen molar-refractivity contribution in [1.29, 1.82) is 0 Å². The zero-order chi connectivity index (χ0) is 22.6. The molecule has 0 spiro atoms. The molecule has 0 aromatic heterocycles. The number of nitrogens with zero attached hydrogens (tertiary/aromatic N) is 1. The molecule has 0 aliphatic carbocycles. The number of benzene rings is 2. The molecule has 0 N–H and O–H groups in total. The summed E-state index contributed by atoms with van der Waals surface area (Å²) >= 11 is 0. The van der Waals surface area contributed by atoms with Crippen LogP contribution in [0.3, 0.4) is 0 Å². The smallest absolute Gasteiger partial charge is 0.338 e. The lowest BCUT2D eigenvalue weighted by molar-refractivity contribution is 0.0470. The van der Waals surface area contributed by atoms with E-state index in [-0.39, 0.29) is 22.8 Å². The Bertz CT molecular complexity index is 1090. The van der Waals surface area contributed by atoms with Gasteiger partial charge in [0.1, 0.15) is 12.4 Å². The number of Topliss-reactive ketones (excluding diaryl/α,β-unsaturated/α-hetero) is 1. The van der Waals surface area contributed by atoms with Crippen molar-refractivity contribution in [2.45, 2.75) is 44.6 Å². The molecule has 0 amide bonds. The van der Waals surface area contributed by atoms with Crippen molar-refractivity contribution in [3.63, 3.8) is 0 Å². The van der Waals surface area contributed by atoms with E-state index in [0.717, 1.165) is 19.3 Å². The third-order valence-electron chi connectivity index (χ3n) is 5.40. The molecule has 1 fully saturated rings. The standard InChI is InChI=1S/C23H27NO6S/c1-16-7-8-19(14-22(16)31(27,28)24-11-5-4-6-12-24)23(26)30-15-20-13-18(17(2)25)9-10-21(20)29-3/h7-10,13-14H,4-6,11-12,15H2,1-3H3. The number of esters is 1. The molecule has 2 aromatic rings. The average Bonchev–Trinajstić information content (AvgIpc) is 2.77. The summed E-state index contributed by atoms with van der Waals surface area (Å²) in [6.07, 6.45) is 2.69. The van der Waals surface area contributed by atoms with Crippen molar-refractivity contribution in [2.75, 3.05) is 20.2 Å². The molecule has 3 rings (SSSR count). The second-order valence-electron chi connectivity index (χ2n) is 7.60. The van der Waals surface area contributed by atoms with Gasteiger partial charge in [-0.3, -0.25) is 4.79 Å². The average molecular weight is 446 g/mol. The van der Waals surface area contributed by atoms with E-state index in [9.17, 15) is 18.0 Å². The summed E-state index contributed by atoms with van der Waals surface area (Å²) in [6.45, 7) is 4.04. The summed E-state index contributed by atoms with van der Waals surface area (Å²) in [5, 5.41) is 0. The van der Waals surface area contributed by atoms with Crippen LogP contribution < -0.4 is 4.74 Å². The number of carbonyl (C=O) groups is 2. The highest BCUT2D eigenvalue weighted by Crippen LogP contribution is 2.26. The van der Waals surface area contributed by atoms with Gasteiger partial charge >= 0.3 is 5.97 Å². The van der Waals surface area contributed by atoms with E-state index in [2.05, 4.69) is 0 Å². The molecule has 2 aromatic carbocycles. The van der Waals surface area contributed by atoms with Crippen LogP contribution in [-0.2, 0) is 21.4 Å². The number of sulfonamides is 1. The molecule has 0 atom stereocenters. The quantitative estimate of drug-likeness (QED) is 0.476. The predicted octanol–water partition coefficient (Wildman–Crippen LogP) is 3.74. The largest absolute Gasteiger partial charge is 0.496 e. The zero-order valence-electron chi connectivity index (χ0n) is 18.0. The fourth-order valence-electron chi connectivity index (χ4n) is 3.59. The van der Waals surface area contributed by atoms with Crippen molar-refractivity contribution in [3.05, 3.63) is 58.7 Å². The second-order valence-corrected chi connectivity index (χ2v) is 9.51. The van der Waals surface area contributed by atoms with E-state index in [4.69, 9.17) is 9.47 Å². The summed E-state index contributed by atoms with van der Waals surface area (Å²) in [7, 11) is -2.18. The molecule has 0 bridgehead atoms. The highest BCUT2D eigenvalue weighted by atomic mass is 32.2. The summed E-state index contributed by atoms with van der Waals surface area (Å²) in [5.74, 6) is -0.262. The summed E-state index contributed by atoms with van der Waals surface area (Å²) in [4.78, 5) is 24.4. The lowest BCUT2D eigenvalue weighted by atomic mass is 10.1. The van der Waals surface area contributed by atoms with E-state index in [0.29, 0.717) is 35.5 Å². The first kappa shape index (κ1) is 23.0. The van der Waals surface area contributed by atoms with Crippen LogP contribution in [-0.4, -0.2) is 44.7 Å². The maximum absolute atomic E-state index is 13.1. The Morgan fingerprint density at radius 1 is 1.00 bits per heavy atom. The third kappa shape index (κ3) is 5.14. The number of piperidine rings is 1. The van der Waals surface area contributed by atoms with Gasteiger partial charge in [0.15, 0.2) is 5.78 Å². The van der Waals surface area contributed by atoms with Crippen LogP contribution in [0.25, 0.3) is 0 Å². The maximum atomic E-state index is 13.1. The van der Waals surface area contributed by atoms with E-state index in [1.54, 1.807) is 37.3 Å². The molecule has 1 saturated heterocycles. The van der Waals surface area contributed by atoms with Crippen LogP contribution >= 0.6 is 0 Å². The van der Waals surface area contributed by atoms with Gasteiger partial charge in [0.05, 0.1) is 17.6 Å². The van der Waals surface area contributed by atoms with Crippen LogP contribution in [0.1, 0.15) is 58.0 Å². The fourth-order valence-corrected chi connectivity index (χ4v) is 5.35. The monoisotopic (exact) mass is 445 g/mol. The van der Waals surface area contributed by atoms with Crippen molar-refractivity contribution < 1.29 is 27.5 Å². The van der Waals surface area contributed by atoms with E-state index >= 15 is 0 Å². The van der Waals surface area contributed by atoms with E-state index in [1.807, 2.05) is 0 Å². The third-order valence-corrected chi connectivity index (χ3v) is 7.44. The number of carbonyl (C=O) groups excluding carboxylic acids is 2. The lowest BCUT2D eigenvalue weighted by Gasteiger charge is -2.26. The van der Waals surface area contributed by atoms with Crippen molar-refractivity contribution in [1.82, 2.24) is 4.31 Å². The van der Waals surface area contributed by atoms with Crippen LogP contribution in [0, 0.1) is 6.92 Å². The van der Waals surface area contributed by atoms with Crippen LogP contribution in [0.4, 0.5) is 0 Å². The minimum atomic E-state index is -3.67. The number of hydrogen-bond acceptors (Lipinski definition) is 6. The second kappa shape index (κ2) is 9.62. The molecule has 0 unspecified atom stereocenters. The Morgan fingerprint density at radius 3 is 2.32 bits per heavy atom. The van der Waals surface area contributed by atoms with Gasteiger partial charge in [0.25, 0.3) is 0 Å². The molecule has 1 aliphatic heterocycles. The number of aryl methyl sites for hydroxylation is 1. The Hall–Kier alpha value is -2.71. The van der Waals surface area contributed by atoms with Gasteiger partial charge in [-0.2, -0.15) is 4.31 Å². The lowest BCUT2D eigenvalue weighted by Crippen LogP contribution is -2.36. The zero-order valence-corrected chi connectivity index (χ0v) is 18.8. The van der Waals surface area contributed by atoms with Crippen LogP contribution in [0.15, 0.2) is 41.3 Å². The van der Waals surface area contributed by atoms with Gasteiger partial charge in [-0.05, 0) is 62.6 Å². The normalized spacial score (nSPS) is 14.8. The predicted molar refractivity (Wildman–Crippen MR) is 116 cm³/mol. The molecule has 1 aliphatic rings. The van der Waals surface area contributed by atoms with Gasteiger partial charge < -0.3 is 9.47 Å². The summed E-state index contributed by atoms with van der Waals surface area (Å²) in [5.41, 5.74) is 1.77. The topological polar surface area (TPSA) is 90.0 Å². The Balaban J connectivity index is 1.81. The minimum Gasteiger partial charge on any atom is -0.496 e. The molecule has 1 heterocycles. The van der Waals surface area contributed by atoms with Crippen LogP contribution in [0.2, 0.25) is 0 Å². The number of ketones is 1. The number of rotatable bonds is 7. The van der Waals surface area contributed by atoms with Crippen molar-refractivity contribution in [2.24, 2.45) is 0 Å². The highest BCUT2D eigenvalue weighted by Gasteiger charge is 2.28. The Morgan fingerprint density at radius 2 is 1.68 bits per heavy atom. The summed E-state index contributed by atoms with van der Waals surface area (Å²) in [6, 6.07) is 9.46. The first-order valence-electron chi connectivity index (χ1n) is 10.2. The van der Waals surface area contributed by atoms with E-state index < -0.39 is 16.0 Å². The Kier molecular flexibility index (Phi) is 7.12. The van der Waals surface area contributed by atoms with E-state index in [1.165, 1.54) is 24.4 Å². The summed E-state index contributed by atoms with van der Waals surface area (Å²) < 4.78 is 38.3. The number of methoxy groups -OCH3 is 1. The number of hydrogen-bond donors (Lipinski definition) is 0. The Labute approximate surface area is 183 Å². The van der Waals surface area contributed by atoms with Gasteiger partial charge in [-0.25, -0.2) is 13.2 Å². The van der Waals surface area contributed by atoms with Crippen LogP contribution in [0.5, 0.6) is 5.75 Å². The molecule has 0 radical (unpaired) electrons. The molecule has 7 nitrogen and oxygen atoms in total. The fraction of sp³-hybridized carbons (Fsp3) is 0.391. The first-order valence-corrected chi connectivity index (χ1v) is 11.6.